The first kappa shape index (κ1) is 19.1. The van der Waals surface area contributed by atoms with Crippen molar-refractivity contribution in [3.63, 3.8) is 0 Å². The third-order valence-corrected chi connectivity index (χ3v) is 4.77. The van der Waals surface area contributed by atoms with Crippen molar-refractivity contribution in [1.82, 2.24) is 4.57 Å². The standard InChI is InChI=1S/C21H20N2O.Bk.Li/c1-13-8-9-18-16(11-13)17-12-14(2)21(24)15(3)20(17)23(18)19-7-5-6-10-22(19)4;;/h6-12,24H,1-4H3;;/q;;+1/p-1. The maximum absolute atomic E-state index is 12.6. The van der Waals surface area contributed by atoms with Crippen LogP contribution >= 0.6 is 0 Å². The molecule has 0 aliphatic heterocycles. The molecule has 0 aliphatic carbocycles. The van der Waals surface area contributed by atoms with Crippen molar-refractivity contribution < 1.29 is 28.5 Å². The predicted octanol–water partition coefficient (Wildman–Crippen LogP) is 0.411. The quantitative estimate of drug-likeness (QED) is 0.186. The van der Waals surface area contributed by atoms with Crippen LogP contribution in [0.15, 0.2) is 42.6 Å². The number of hydrogen-bond acceptors (Lipinski definition) is 1. The van der Waals surface area contributed by atoms with Gasteiger partial charge in [-0.2, -0.15) is 6.07 Å². The van der Waals surface area contributed by atoms with Gasteiger partial charge in [-0.25, -0.2) is 4.57 Å². The molecule has 2 aromatic heterocycles. The summed E-state index contributed by atoms with van der Waals surface area (Å²) in [6.45, 7) is 5.91. The van der Waals surface area contributed by atoms with Crippen molar-refractivity contribution in [3.05, 3.63) is 65.4 Å². The molecule has 0 atom stereocenters. The molecular weight excluding hydrogens is 550 g/mol. The first-order valence-corrected chi connectivity index (χ1v) is 8.07. The van der Waals surface area contributed by atoms with Gasteiger partial charge >= 0.3 is 18.9 Å². The number of benzene rings is 2. The second-order valence-electron chi connectivity index (χ2n) is 6.50. The van der Waals surface area contributed by atoms with Crippen LogP contribution in [0.25, 0.3) is 27.6 Å². The third-order valence-electron chi connectivity index (χ3n) is 4.77. The van der Waals surface area contributed by atoms with Crippen molar-refractivity contribution in [3.8, 4) is 11.6 Å². The fraction of sp³-hybridized carbons (Fsp3) is 0.190. The van der Waals surface area contributed by atoms with Gasteiger partial charge < -0.3 is 9.67 Å². The van der Waals surface area contributed by atoms with Gasteiger partial charge in [-0.3, -0.25) is 0 Å². The molecular formula is C21H19BkLiN2O. The largest absolute Gasteiger partial charge is 1.00 e. The maximum atomic E-state index is 12.6. The fourth-order valence-corrected chi connectivity index (χ4v) is 3.55. The molecule has 0 N–H and O–H groups in total. The van der Waals surface area contributed by atoms with E-state index in [1.165, 1.54) is 10.9 Å². The molecule has 0 aliphatic rings. The Bertz CT molecular complexity index is 1120. The summed E-state index contributed by atoms with van der Waals surface area (Å²) in [6.07, 6.45) is 1.98. The van der Waals surface area contributed by atoms with Crippen LogP contribution in [0.3, 0.4) is 0 Å². The number of rotatable bonds is 1. The Kier molecular flexibility index (Phi) is 4.85. The van der Waals surface area contributed by atoms with Crippen molar-refractivity contribution >= 4 is 21.8 Å². The minimum atomic E-state index is 0. The van der Waals surface area contributed by atoms with E-state index in [1.807, 2.05) is 45.3 Å². The van der Waals surface area contributed by atoms with Gasteiger partial charge in [0, 0.05) is 10.8 Å². The average Bonchev–Trinajstić information content (AvgIpc) is 2.87. The second kappa shape index (κ2) is 6.59. The van der Waals surface area contributed by atoms with Gasteiger partial charge in [0.15, 0.2) is 5.82 Å². The van der Waals surface area contributed by atoms with Crippen LogP contribution < -0.4 is 28.5 Å². The Morgan fingerprint density at radius 2 is 1.81 bits per heavy atom. The minimum absolute atomic E-state index is 0. The van der Waals surface area contributed by atoms with E-state index in [2.05, 4.69) is 40.3 Å². The number of hydrogen-bond donors (Lipinski definition) is 0. The molecule has 1 radical (unpaired) electrons. The van der Waals surface area contributed by atoms with E-state index in [4.69, 9.17) is 0 Å². The molecule has 4 aromatic rings. The summed E-state index contributed by atoms with van der Waals surface area (Å²) in [5, 5.41) is 14.9. The predicted molar refractivity (Wildman–Crippen MR) is 94.5 cm³/mol. The van der Waals surface area contributed by atoms with E-state index in [0.717, 1.165) is 33.4 Å². The Morgan fingerprint density at radius 3 is 2.50 bits per heavy atom. The average molecular weight is 569 g/mol. The first-order chi connectivity index (χ1) is 11.5. The summed E-state index contributed by atoms with van der Waals surface area (Å²) in [5.74, 6) is 1.11. The smallest absolute Gasteiger partial charge is 0.872 e. The molecule has 2 heterocycles. The number of nitrogens with zero attached hydrogens (tertiary/aromatic N) is 2. The molecule has 129 valence electrons. The van der Waals surface area contributed by atoms with Gasteiger partial charge in [0.25, 0.3) is 0 Å². The van der Waals surface area contributed by atoms with E-state index in [1.54, 1.807) is 0 Å². The molecule has 0 spiro atoms. The first-order valence-electron chi connectivity index (χ1n) is 8.07. The summed E-state index contributed by atoms with van der Waals surface area (Å²) in [4.78, 5) is 0. The molecule has 0 fully saturated rings. The Hall–Kier alpha value is -3.21. The normalized spacial score (nSPS) is 10.6. The molecule has 0 unspecified atom stereocenters. The van der Waals surface area contributed by atoms with Crippen molar-refractivity contribution in [2.45, 2.75) is 20.8 Å². The monoisotopic (exact) mass is 569 g/mol. The van der Waals surface area contributed by atoms with Gasteiger partial charge in [0.05, 0.1) is 7.05 Å². The van der Waals surface area contributed by atoms with Crippen LogP contribution in [0, 0.1) is 26.8 Å². The fourth-order valence-electron chi connectivity index (χ4n) is 3.55. The zero-order valence-electron chi connectivity index (χ0n) is 15.7. The summed E-state index contributed by atoms with van der Waals surface area (Å²) in [7, 11) is 2.01. The molecule has 26 heavy (non-hydrogen) atoms. The molecule has 0 amide bonds. The molecule has 0 bridgehead atoms. The van der Waals surface area contributed by atoms with Gasteiger partial charge in [0.2, 0.25) is 0 Å². The minimum Gasteiger partial charge on any atom is -0.872 e. The molecule has 0 saturated heterocycles. The van der Waals surface area contributed by atoms with Gasteiger partial charge in [-0.1, -0.05) is 29.0 Å². The van der Waals surface area contributed by atoms with Crippen LogP contribution in [0.2, 0.25) is 0 Å². The zero-order valence-corrected chi connectivity index (χ0v) is 18.5. The zero-order chi connectivity index (χ0) is 17.0. The van der Waals surface area contributed by atoms with E-state index in [0.29, 0.717) is 0 Å². The van der Waals surface area contributed by atoms with Crippen LogP contribution in [-0.2, 0) is 7.05 Å². The second-order valence-corrected chi connectivity index (χ2v) is 6.50. The van der Waals surface area contributed by atoms with Crippen LogP contribution in [0.1, 0.15) is 16.7 Å². The number of aromatic nitrogens is 2. The van der Waals surface area contributed by atoms with Crippen molar-refractivity contribution in [2.24, 2.45) is 7.05 Å². The van der Waals surface area contributed by atoms with E-state index in [9.17, 15) is 5.11 Å². The van der Waals surface area contributed by atoms with Crippen molar-refractivity contribution in [2.75, 3.05) is 0 Å². The van der Waals surface area contributed by atoms with E-state index in [-0.39, 0.29) is 24.6 Å². The molecule has 2 aromatic carbocycles. The third kappa shape index (κ3) is 2.52. The number of fused-ring (bicyclic) bond motifs is 3. The summed E-state index contributed by atoms with van der Waals surface area (Å²) < 4.78 is 4.23. The topological polar surface area (TPSA) is 31.9 Å². The summed E-state index contributed by atoms with van der Waals surface area (Å²) >= 11 is 0. The van der Waals surface area contributed by atoms with Crippen molar-refractivity contribution in [1.29, 1.82) is 0 Å². The maximum Gasteiger partial charge on any atom is 1.00 e. The molecule has 5 heteroatoms. The Balaban J connectivity index is 0.00000121. The summed E-state index contributed by atoms with van der Waals surface area (Å²) in [5.41, 5.74) is 4.90. The van der Waals surface area contributed by atoms with Crippen LogP contribution in [-0.4, -0.2) is 4.57 Å². The Morgan fingerprint density at radius 1 is 1.08 bits per heavy atom. The van der Waals surface area contributed by atoms with Gasteiger partial charge in [0.1, 0.15) is 11.0 Å². The van der Waals surface area contributed by atoms with Crippen LogP contribution in [0.5, 0.6) is 5.75 Å². The SMILES string of the molecule is Cc1ccc2c(c1)c1cc(C)c([O-])c(C)c1n2-c1c[c-]cc[n+]1C.[Bk].[Li+]. The molecule has 3 nitrogen and oxygen atoms in total. The van der Waals surface area contributed by atoms with E-state index < -0.39 is 0 Å². The van der Waals surface area contributed by atoms with Gasteiger partial charge in [-0.05, 0) is 50.7 Å². The molecule has 0 saturated carbocycles. The van der Waals surface area contributed by atoms with Crippen LogP contribution in [0.4, 0.5) is 0 Å². The number of aryl methyl sites for hydroxylation is 4. The van der Waals surface area contributed by atoms with Gasteiger partial charge in [-0.15, -0.1) is 6.07 Å². The summed E-state index contributed by atoms with van der Waals surface area (Å²) in [6, 6.07) is 15.5. The Labute approximate surface area is 159 Å². The number of pyridine rings is 1. The molecule has 4 rings (SSSR count). The van der Waals surface area contributed by atoms with E-state index >= 15 is 0 Å².